The molecule has 4 heterocycles. The number of aliphatic hydroxyl groups is 1. The quantitative estimate of drug-likeness (QED) is 0.237. The van der Waals surface area contributed by atoms with Crippen LogP contribution in [0.1, 0.15) is 30.1 Å². The zero-order valence-corrected chi connectivity index (χ0v) is 19.3. The second-order valence-corrected chi connectivity index (χ2v) is 9.69. The molecule has 3 aromatic rings. The van der Waals surface area contributed by atoms with Gasteiger partial charge < -0.3 is 14.3 Å². The van der Waals surface area contributed by atoms with Gasteiger partial charge in [-0.05, 0) is 47.9 Å². The first kappa shape index (κ1) is 22.5. The smallest absolute Gasteiger partial charge is 0.269 e. The summed E-state index contributed by atoms with van der Waals surface area (Å²) in [6.07, 6.45) is 5.18. The molecule has 7 nitrogen and oxygen atoms in total. The number of rotatable bonds is 7. The monoisotopic (exact) mass is 460 g/mol. The van der Waals surface area contributed by atoms with Crippen molar-refractivity contribution in [3.63, 3.8) is 0 Å². The van der Waals surface area contributed by atoms with E-state index in [1.165, 1.54) is 0 Å². The van der Waals surface area contributed by atoms with Gasteiger partial charge in [0.25, 0.3) is 5.69 Å². The zero-order chi connectivity index (χ0) is 23.9. The lowest BCUT2D eigenvalue weighted by molar-refractivity contribution is -0.984. The summed E-state index contributed by atoms with van der Waals surface area (Å²) in [5, 5.41) is 23.9. The Morgan fingerprint density at radius 2 is 2.09 bits per heavy atom. The summed E-state index contributed by atoms with van der Waals surface area (Å²) in [6, 6.07) is 14.5. The molecule has 3 saturated heterocycles. The second-order valence-electron chi connectivity index (χ2n) is 9.69. The minimum absolute atomic E-state index is 0.0157. The number of aliphatic hydroxyl groups excluding tert-OH is 1. The van der Waals surface area contributed by atoms with Gasteiger partial charge in [-0.25, -0.2) is 0 Å². The number of quaternary nitrogens is 1. The summed E-state index contributed by atoms with van der Waals surface area (Å²) in [5.41, 5.74) is 2.85. The minimum Gasteiger partial charge on any atom is -0.497 e. The van der Waals surface area contributed by atoms with Gasteiger partial charge in [-0.15, -0.1) is 6.58 Å². The molecule has 176 valence electrons. The van der Waals surface area contributed by atoms with Gasteiger partial charge in [0.1, 0.15) is 24.4 Å². The van der Waals surface area contributed by atoms with E-state index in [-0.39, 0.29) is 16.7 Å². The fourth-order valence-corrected chi connectivity index (χ4v) is 6.21. The van der Waals surface area contributed by atoms with Gasteiger partial charge in [-0.2, -0.15) is 0 Å². The highest BCUT2D eigenvalue weighted by molar-refractivity contribution is 5.83. The molecule has 0 spiro atoms. The molecule has 3 aliphatic rings. The number of nitro benzene ring substituents is 1. The van der Waals surface area contributed by atoms with E-state index in [0.29, 0.717) is 11.8 Å². The third-order valence-corrected chi connectivity index (χ3v) is 7.99. The Morgan fingerprint density at radius 3 is 2.79 bits per heavy atom. The van der Waals surface area contributed by atoms with Crippen LogP contribution in [-0.2, 0) is 6.54 Å². The first-order valence-electron chi connectivity index (χ1n) is 11.8. The van der Waals surface area contributed by atoms with E-state index in [2.05, 4.69) is 17.6 Å². The molecule has 0 amide bonds. The molecule has 1 N–H and O–H groups in total. The fourth-order valence-electron chi connectivity index (χ4n) is 6.21. The summed E-state index contributed by atoms with van der Waals surface area (Å²) >= 11 is 0. The first-order chi connectivity index (χ1) is 16.4. The van der Waals surface area contributed by atoms with E-state index in [1.807, 2.05) is 36.4 Å². The topological polar surface area (TPSA) is 85.5 Å². The maximum Gasteiger partial charge on any atom is 0.269 e. The van der Waals surface area contributed by atoms with Crippen LogP contribution in [0.15, 0.2) is 67.4 Å². The van der Waals surface area contributed by atoms with Crippen molar-refractivity contribution in [1.82, 2.24) is 4.98 Å². The number of nitro groups is 1. The zero-order valence-electron chi connectivity index (χ0n) is 19.3. The number of fused-ring (bicyclic) bond motifs is 4. The molecule has 0 radical (unpaired) electrons. The van der Waals surface area contributed by atoms with E-state index < -0.39 is 6.10 Å². The molecular formula is C27H30N3O4+. The molecule has 34 heavy (non-hydrogen) atoms. The predicted molar refractivity (Wildman–Crippen MR) is 130 cm³/mol. The van der Waals surface area contributed by atoms with Gasteiger partial charge in [-0.3, -0.25) is 15.1 Å². The minimum atomic E-state index is -0.663. The number of non-ortho nitro benzene ring substituents is 1. The number of methoxy groups -OCH3 is 1. The van der Waals surface area contributed by atoms with E-state index in [1.54, 1.807) is 25.4 Å². The highest BCUT2D eigenvalue weighted by Crippen LogP contribution is 2.48. The Balaban J connectivity index is 1.53. The molecule has 3 aliphatic heterocycles. The van der Waals surface area contributed by atoms with E-state index in [9.17, 15) is 15.2 Å². The molecule has 0 aliphatic carbocycles. The van der Waals surface area contributed by atoms with Crippen LogP contribution < -0.4 is 4.74 Å². The lowest BCUT2D eigenvalue weighted by atomic mass is 9.71. The van der Waals surface area contributed by atoms with E-state index >= 15 is 0 Å². The number of pyridine rings is 1. The number of nitrogens with zero attached hydrogens (tertiary/aromatic N) is 3. The molecule has 1 aromatic heterocycles. The molecule has 7 heteroatoms. The molecule has 3 fully saturated rings. The van der Waals surface area contributed by atoms with Crippen LogP contribution in [0.5, 0.6) is 5.75 Å². The van der Waals surface area contributed by atoms with Crippen molar-refractivity contribution in [3.8, 4) is 5.75 Å². The van der Waals surface area contributed by atoms with Gasteiger partial charge in [0.15, 0.2) is 0 Å². The molecule has 6 rings (SSSR count). The van der Waals surface area contributed by atoms with Crippen molar-refractivity contribution >= 4 is 16.6 Å². The Hall–Kier alpha value is -3.29. The van der Waals surface area contributed by atoms with Gasteiger partial charge >= 0.3 is 0 Å². The van der Waals surface area contributed by atoms with Gasteiger partial charge in [0.05, 0.1) is 30.6 Å². The highest BCUT2D eigenvalue weighted by atomic mass is 16.6. The average molecular weight is 461 g/mol. The second kappa shape index (κ2) is 8.81. The third kappa shape index (κ3) is 3.85. The number of hydrogen-bond acceptors (Lipinski definition) is 5. The fraction of sp³-hybridized carbons (Fsp3) is 0.370. The van der Waals surface area contributed by atoms with Crippen LogP contribution in [0.2, 0.25) is 0 Å². The number of hydrogen-bond donors (Lipinski definition) is 1. The Bertz CT molecular complexity index is 1230. The summed E-state index contributed by atoms with van der Waals surface area (Å²) in [5.74, 6) is 1.65. The first-order valence-corrected chi connectivity index (χ1v) is 11.8. The van der Waals surface area contributed by atoms with Crippen LogP contribution in [0.4, 0.5) is 5.69 Å². The van der Waals surface area contributed by atoms with E-state index in [0.717, 1.165) is 64.7 Å². The number of benzene rings is 2. The largest absolute Gasteiger partial charge is 0.497 e. The standard InChI is InChI=1S/C27H30N3O4/c1-3-19-17-30(16-18-4-6-21(7-5-18)29(32)33)13-11-20(19)14-26(30)27(31)23-10-12-28-25-9-8-22(34-2)15-24(23)25/h3-10,12,15,19-20,26-27,31H,1,11,13-14,16-17H2,2H3/q+1/t19-,20+,26-,27+,30+/m1/s1. The predicted octanol–water partition coefficient (Wildman–Crippen LogP) is 4.80. The molecule has 2 bridgehead atoms. The summed E-state index contributed by atoms with van der Waals surface area (Å²) in [6.45, 7) is 6.70. The van der Waals surface area contributed by atoms with Crippen molar-refractivity contribution in [2.24, 2.45) is 11.8 Å². The van der Waals surface area contributed by atoms with Crippen LogP contribution in [0.25, 0.3) is 10.9 Å². The van der Waals surface area contributed by atoms with Crippen molar-refractivity contribution in [1.29, 1.82) is 0 Å². The van der Waals surface area contributed by atoms with Gasteiger partial charge in [0.2, 0.25) is 0 Å². The van der Waals surface area contributed by atoms with Gasteiger partial charge in [0, 0.05) is 48.0 Å². The molecule has 0 unspecified atom stereocenters. The highest BCUT2D eigenvalue weighted by Gasteiger charge is 2.54. The van der Waals surface area contributed by atoms with E-state index in [4.69, 9.17) is 4.74 Å². The maximum atomic E-state index is 11.8. The molecule has 5 atom stereocenters. The van der Waals surface area contributed by atoms with Crippen molar-refractivity contribution in [2.45, 2.75) is 31.5 Å². The van der Waals surface area contributed by atoms with Gasteiger partial charge in [-0.1, -0.05) is 6.08 Å². The number of ether oxygens (including phenoxy) is 1. The molecular weight excluding hydrogens is 430 g/mol. The van der Waals surface area contributed by atoms with Crippen LogP contribution in [0.3, 0.4) is 0 Å². The Labute approximate surface area is 199 Å². The third-order valence-electron chi connectivity index (χ3n) is 7.99. The molecule has 0 saturated carbocycles. The maximum absolute atomic E-state index is 11.8. The lowest BCUT2D eigenvalue weighted by Gasteiger charge is -2.58. The average Bonchev–Trinajstić information content (AvgIpc) is 2.87. The van der Waals surface area contributed by atoms with Crippen molar-refractivity contribution < 1.29 is 19.2 Å². The Morgan fingerprint density at radius 1 is 1.29 bits per heavy atom. The van der Waals surface area contributed by atoms with Crippen molar-refractivity contribution in [2.75, 3.05) is 20.2 Å². The summed E-state index contributed by atoms with van der Waals surface area (Å²) in [7, 11) is 1.64. The normalized spacial score (nSPS) is 26.8. The summed E-state index contributed by atoms with van der Waals surface area (Å²) < 4.78 is 6.18. The Kier molecular flexibility index (Phi) is 5.83. The SMILES string of the molecule is C=C[C@@H]1C[N@@+]2(Cc3ccc([N+](=O)[O-])cc3)CC[C@H]1C[C@@H]2[C@@H](O)c1ccnc2ccc(OC)cc12. The van der Waals surface area contributed by atoms with Crippen LogP contribution in [0, 0.1) is 22.0 Å². The summed E-state index contributed by atoms with van der Waals surface area (Å²) in [4.78, 5) is 15.2. The van der Waals surface area contributed by atoms with Crippen LogP contribution >= 0.6 is 0 Å². The lowest BCUT2D eigenvalue weighted by Crippen LogP contribution is -2.67. The van der Waals surface area contributed by atoms with Crippen LogP contribution in [-0.4, -0.2) is 45.7 Å². The van der Waals surface area contributed by atoms with Crippen molar-refractivity contribution in [3.05, 3.63) is 88.6 Å². The number of piperidine rings is 3. The molecule has 2 aromatic carbocycles. The number of aromatic nitrogens is 1.